The van der Waals surface area contributed by atoms with E-state index in [1.54, 1.807) is 18.2 Å². The zero-order chi connectivity index (χ0) is 29.9. The van der Waals surface area contributed by atoms with Crippen LogP contribution in [-0.4, -0.2) is 0 Å². The molecule has 0 saturated heterocycles. The predicted molar refractivity (Wildman–Crippen MR) is 154 cm³/mol. The summed E-state index contributed by atoms with van der Waals surface area (Å²) in [6.07, 6.45) is -8.71. The van der Waals surface area contributed by atoms with E-state index in [1.165, 1.54) is 17.4 Å². The summed E-state index contributed by atoms with van der Waals surface area (Å²) in [5.41, 5.74) is 0.0316. The number of anilines is 3. The summed E-state index contributed by atoms with van der Waals surface area (Å²) >= 11 is 1.27. The van der Waals surface area contributed by atoms with E-state index in [4.69, 9.17) is 0 Å². The van der Waals surface area contributed by atoms with Crippen molar-refractivity contribution >= 4 is 40.0 Å². The third-order valence-electron chi connectivity index (χ3n) is 6.37. The Hall–Kier alpha value is -4.81. The van der Waals surface area contributed by atoms with Crippen LogP contribution in [-0.2, 0) is 12.4 Å². The van der Waals surface area contributed by atoms with Crippen molar-refractivity contribution in [2.45, 2.75) is 12.4 Å². The van der Waals surface area contributed by atoms with Gasteiger partial charge in [-0.2, -0.15) is 31.6 Å². The van der Waals surface area contributed by atoms with E-state index in [0.717, 1.165) is 27.5 Å². The number of allylic oxidation sites excluding steroid dienone is 1. The fourth-order valence-corrected chi connectivity index (χ4v) is 5.35. The van der Waals surface area contributed by atoms with Crippen molar-refractivity contribution in [3.8, 4) is 16.5 Å². The highest BCUT2D eigenvalue weighted by Gasteiger charge is 2.37. The molecule has 1 aromatic heterocycles. The van der Waals surface area contributed by atoms with Crippen LogP contribution in [0.3, 0.4) is 0 Å². The summed E-state index contributed by atoms with van der Waals surface area (Å²) in [6.45, 7) is 0. The molecule has 5 aromatic rings. The van der Waals surface area contributed by atoms with Crippen molar-refractivity contribution in [1.29, 1.82) is 5.26 Å². The van der Waals surface area contributed by atoms with Crippen molar-refractivity contribution in [2.24, 2.45) is 0 Å². The first-order valence-electron chi connectivity index (χ1n) is 12.5. The zero-order valence-electron chi connectivity index (χ0n) is 21.6. The molecule has 5 rings (SSSR count). The van der Waals surface area contributed by atoms with Crippen molar-refractivity contribution in [3.63, 3.8) is 0 Å². The van der Waals surface area contributed by atoms with Crippen LogP contribution in [0.15, 0.2) is 115 Å². The van der Waals surface area contributed by atoms with Crippen LogP contribution < -0.4 is 4.90 Å². The first kappa shape index (κ1) is 28.7. The number of nitriles is 1. The van der Waals surface area contributed by atoms with Gasteiger partial charge in [0.05, 0.1) is 22.8 Å². The monoisotopic (exact) mass is 590 g/mol. The number of para-hydroxylation sites is 2. The Morgan fingerprint density at radius 1 is 0.643 bits per heavy atom. The molecule has 0 amide bonds. The number of rotatable bonds is 6. The maximum absolute atomic E-state index is 13.3. The molecule has 0 N–H and O–H groups in total. The number of nitrogens with zero attached hydrogens (tertiary/aromatic N) is 2. The SMILES string of the molecule is N#C/C(=C\c1ccc(-c2ccc(N(c3ccccc3)c3ccccc3)cc2)s1)c1cc(C(F)(F)F)cc(C(F)(F)F)c1. The lowest BCUT2D eigenvalue weighted by atomic mass is 9.99. The molecule has 42 heavy (non-hydrogen) atoms. The number of alkyl halides is 6. The minimum Gasteiger partial charge on any atom is -0.311 e. The van der Waals surface area contributed by atoms with Gasteiger partial charge in [0.2, 0.25) is 0 Å². The van der Waals surface area contributed by atoms with Gasteiger partial charge in [0.25, 0.3) is 0 Å². The molecule has 210 valence electrons. The van der Waals surface area contributed by atoms with Crippen molar-refractivity contribution in [1.82, 2.24) is 0 Å². The Morgan fingerprint density at radius 3 is 1.62 bits per heavy atom. The predicted octanol–water partition coefficient (Wildman–Crippen LogP) is 11.0. The molecule has 0 spiro atoms. The summed E-state index contributed by atoms with van der Waals surface area (Å²) in [5.74, 6) is 0. The molecule has 0 bridgehead atoms. The van der Waals surface area contributed by atoms with E-state index >= 15 is 0 Å². The van der Waals surface area contributed by atoms with Crippen LogP contribution in [0.5, 0.6) is 0 Å². The Kier molecular flexibility index (Phi) is 7.92. The van der Waals surface area contributed by atoms with E-state index in [2.05, 4.69) is 4.90 Å². The number of hydrogen-bond acceptors (Lipinski definition) is 3. The molecule has 0 fully saturated rings. The second-order valence-corrected chi connectivity index (χ2v) is 10.3. The van der Waals surface area contributed by atoms with Crippen molar-refractivity contribution < 1.29 is 26.3 Å². The average molecular weight is 591 g/mol. The molecular weight excluding hydrogens is 570 g/mol. The lowest BCUT2D eigenvalue weighted by Gasteiger charge is -2.25. The average Bonchev–Trinajstić information content (AvgIpc) is 3.45. The number of thiophene rings is 1. The quantitative estimate of drug-likeness (QED) is 0.145. The van der Waals surface area contributed by atoms with Gasteiger partial charge >= 0.3 is 12.4 Å². The molecule has 0 aliphatic heterocycles. The largest absolute Gasteiger partial charge is 0.416 e. The smallest absolute Gasteiger partial charge is 0.311 e. The first-order chi connectivity index (χ1) is 20.0. The minimum atomic E-state index is -5.00. The van der Waals surface area contributed by atoms with Crippen LogP contribution in [0.1, 0.15) is 21.6 Å². The van der Waals surface area contributed by atoms with Gasteiger partial charge in [-0.25, -0.2) is 0 Å². The van der Waals surface area contributed by atoms with Crippen LogP contribution in [0.25, 0.3) is 22.1 Å². The fraction of sp³-hybridized carbons (Fsp3) is 0.0606. The lowest BCUT2D eigenvalue weighted by Crippen LogP contribution is -2.11. The second kappa shape index (κ2) is 11.6. The molecule has 0 aliphatic carbocycles. The van der Waals surface area contributed by atoms with E-state index in [1.807, 2.05) is 84.9 Å². The second-order valence-electron chi connectivity index (χ2n) is 9.22. The van der Waals surface area contributed by atoms with E-state index in [0.29, 0.717) is 17.0 Å². The fourth-order valence-electron chi connectivity index (χ4n) is 4.39. The maximum atomic E-state index is 13.3. The number of hydrogen-bond donors (Lipinski definition) is 0. The van der Waals surface area contributed by atoms with Gasteiger partial charge in [-0.15, -0.1) is 11.3 Å². The summed E-state index contributed by atoms with van der Waals surface area (Å²) in [6, 6.07) is 33.9. The molecular formula is C33H20F6N2S. The van der Waals surface area contributed by atoms with Crippen LogP contribution in [0.4, 0.5) is 43.4 Å². The highest BCUT2D eigenvalue weighted by Crippen LogP contribution is 2.39. The van der Waals surface area contributed by atoms with E-state index in [-0.39, 0.29) is 11.6 Å². The first-order valence-corrected chi connectivity index (χ1v) is 13.4. The highest BCUT2D eigenvalue weighted by atomic mass is 32.1. The standard InChI is InChI=1S/C33H20F6N2S/c34-32(35,36)25-17-23(18-26(20-25)33(37,38)39)24(21-40)19-30-15-16-31(42-30)22-11-13-29(14-12-22)41(27-7-3-1-4-8-27)28-9-5-2-6-10-28/h1-20H/b24-19+. The summed E-state index contributed by atoms with van der Waals surface area (Å²) in [5, 5.41) is 9.64. The third-order valence-corrected chi connectivity index (χ3v) is 7.45. The summed E-state index contributed by atoms with van der Waals surface area (Å²) in [7, 11) is 0. The van der Waals surface area contributed by atoms with Crippen LogP contribution >= 0.6 is 11.3 Å². The molecule has 0 radical (unpaired) electrons. The molecule has 4 aromatic carbocycles. The minimum absolute atomic E-state index is 0.0438. The maximum Gasteiger partial charge on any atom is 0.416 e. The van der Waals surface area contributed by atoms with Gasteiger partial charge in [-0.05, 0) is 83.9 Å². The lowest BCUT2D eigenvalue weighted by molar-refractivity contribution is -0.143. The van der Waals surface area contributed by atoms with Gasteiger partial charge < -0.3 is 4.90 Å². The van der Waals surface area contributed by atoms with E-state index in [9.17, 15) is 31.6 Å². The Balaban J connectivity index is 1.46. The van der Waals surface area contributed by atoms with Crippen molar-refractivity contribution in [3.05, 3.63) is 137 Å². The Labute approximate surface area is 242 Å². The Bertz CT molecular complexity index is 1680. The van der Waals surface area contributed by atoms with Gasteiger partial charge in [0.1, 0.15) is 0 Å². The Morgan fingerprint density at radius 2 is 1.14 bits per heavy atom. The molecule has 9 heteroatoms. The molecule has 0 aliphatic rings. The molecule has 1 heterocycles. The number of benzene rings is 4. The van der Waals surface area contributed by atoms with Crippen LogP contribution in [0.2, 0.25) is 0 Å². The normalized spacial score (nSPS) is 12.2. The third kappa shape index (κ3) is 6.40. The van der Waals surface area contributed by atoms with E-state index < -0.39 is 29.0 Å². The summed E-state index contributed by atoms with van der Waals surface area (Å²) in [4.78, 5) is 3.43. The topological polar surface area (TPSA) is 27.0 Å². The zero-order valence-corrected chi connectivity index (χ0v) is 22.4. The van der Waals surface area contributed by atoms with Crippen molar-refractivity contribution in [2.75, 3.05) is 4.90 Å². The highest BCUT2D eigenvalue weighted by molar-refractivity contribution is 7.16. The molecule has 0 saturated carbocycles. The van der Waals surface area contributed by atoms with Gasteiger partial charge in [-0.3, -0.25) is 0 Å². The van der Waals surface area contributed by atoms with Gasteiger partial charge in [0, 0.05) is 26.8 Å². The summed E-state index contributed by atoms with van der Waals surface area (Å²) < 4.78 is 79.9. The van der Waals surface area contributed by atoms with Gasteiger partial charge in [0.15, 0.2) is 0 Å². The molecule has 2 nitrogen and oxygen atoms in total. The van der Waals surface area contributed by atoms with Gasteiger partial charge in [-0.1, -0.05) is 48.5 Å². The van der Waals surface area contributed by atoms with Crippen LogP contribution in [0, 0.1) is 11.3 Å². The molecule has 0 unspecified atom stereocenters. The molecule has 0 atom stereocenters. The number of halogens is 6.